The predicted octanol–water partition coefficient (Wildman–Crippen LogP) is 1.58. The second-order valence-electron chi connectivity index (χ2n) is 5.64. The van der Waals surface area contributed by atoms with Crippen LogP contribution >= 0.6 is 0 Å². The average molecular weight is 276 g/mol. The van der Waals surface area contributed by atoms with Gasteiger partial charge < -0.3 is 14.4 Å². The summed E-state index contributed by atoms with van der Waals surface area (Å²) in [6.07, 6.45) is 0. The molecule has 0 aliphatic carbocycles. The summed E-state index contributed by atoms with van der Waals surface area (Å²) < 4.78 is 10.6. The van der Waals surface area contributed by atoms with Crippen molar-refractivity contribution in [3.05, 3.63) is 23.8 Å². The molecule has 2 atom stereocenters. The zero-order valence-corrected chi connectivity index (χ0v) is 12.1. The number of fused-ring (bicyclic) bond motifs is 1. The van der Waals surface area contributed by atoms with Crippen LogP contribution in [0.4, 0.5) is 0 Å². The summed E-state index contributed by atoms with van der Waals surface area (Å²) in [5.41, 5.74) is 0.665. The van der Waals surface area contributed by atoms with Crippen LogP contribution in [-0.2, 0) is 0 Å². The molecule has 2 aliphatic heterocycles. The third-order valence-electron chi connectivity index (χ3n) is 4.27. The van der Waals surface area contributed by atoms with Gasteiger partial charge in [-0.05, 0) is 39.1 Å². The molecule has 2 heterocycles. The van der Waals surface area contributed by atoms with Crippen LogP contribution in [-0.4, -0.2) is 54.7 Å². The summed E-state index contributed by atoms with van der Waals surface area (Å²) in [4.78, 5) is 16.8. The number of rotatable bonds is 1. The minimum absolute atomic E-state index is 0.0649. The van der Waals surface area contributed by atoms with E-state index in [1.165, 1.54) is 0 Å². The summed E-state index contributed by atoms with van der Waals surface area (Å²) >= 11 is 0. The third kappa shape index (κ3) is 2.22. The number of ether oxygens (including phenoxy) is 2. The summed E-state index contributed by atoms with van der Waals surface area (Å²) in [5, 5.41) is 0. The molecule has 1 aromatic rings. The molecule has 2 unspecified atom stereocenters. The standard InChI is InChI=1S/C15H20N2O3/c1-10-7-17(8-11(2)16(10)3)15(18)12-4-5-13-14(6-12)20-9-19-13/h4-6,10-11H,7-9H2,1-3H3. The molecule has 1 saturated heterocycles. The number of likely N-dealkylation sites (N-methyl/N-ethyl adjacent to an activating group) is 1. The normalized spacial score (nSPS) is 25.9. The number of nitrogens with zero attached hydrogens (tertiary/aromatic N) is 2. The van der Waals surface area contributed by atoms with Gasteiger partial charge in [-0.2, -0.15) is 0 Å². The van der Waals surface area contributed by atoms with Gasteiger partial charge >= 0.3 is 0 Å². The summed E-state index contributed by atoms with van der Waals surface area (Å²) in [6.45, 7) is 6.04. The van der Waals surface area contributed by atoms with E-state index >= 15 is 0 Å². The Bertz CT molecular complexity index is 520. The fraction of sp³-hybridized carbons (Fsp3) is 0.533. The molecule has 0 aromatic heterocycles. The van der Waals surface area contributed by atoms with E-state index < -0.39 is 0 Å². The number of piperazine rings is 1. The molecular formula is C15H20N2O3. The molecule has 0 N–H and O–H groups in total. The maximum atomic E-state index is 12.6. The minimum Gasteiger partial charge on any atom is -0.454 e. The Kier molecular flexibility index (Phi) is 3.30. The lowest BCUT2D eigenvalue weighted by Crippen LogP contribution is -2.56. The van der Waals surface area contributed by atoms with Crippen LogP contribution in [0, 0.1) is 0 Å². The van der Waals surface area contributed by atoms with Crippen molar-refractivity contribution in [2.75, 3.05) is 26.9 Å². The average Bonchev–Trinajstić information content (AvgIpc) is 2.90. The van der Waals surface area contributed by atoms with E-state index in [0.717, 1.165) is 13.1 Å². The molecule has 20 heavy (non-hydrogen) atoms. The number of benzene rings is 1. The molecule has 0 saturated carbocycles. The van der Waals surface area contributed by atoms with Crippen LogP contribution < -0.4 is 9.47 Å². The van der Waals surface area contributed by atoms with Crippen LogP contribution in [0.3, 0.4) is 0 Å². The van der Waals surface area contributed by atoms with Crippen molar-refractivity contribution in [2.45, 2.75) is 25.9 Å². The topological polar surface area (TPSA) is 42.0 Å². The second kappa shape index (κ2) is 4.98. The van der Waals surface area contributed by atoms with Gasteiger partial charge in [-0.1, -0.05) is 0 Å². The molecule has 3 rings (SSSR count). The van der Waals surface area contributed by atoms with Crippen molar-refractivity contribution in [3.63, 3.8) is 0 Å². The van der Waals surface area contributed by atoms with Crippen LogP contribution in [0.2, 0.25) is 0 Å². The van der Waals surface area contributed by atoms with E-state index in [4.69, 9.17) is 9.47 Å². The maximum absolute atomic E-state index is 12.6. The molecule has 5 heteroatoms. The first-order valence-electron chi connectivity index (χ1n) is 6.97. The number of hydrogen-bond acceptors (Lipinski definition) is 4. The van der Waals surface area contributed by atoms with Gasteiger partial charge in [-0.25, -0.2) is 0 Å². The van der Waals surface area contributed by atoms with Crippen molar-refractivity contribution in [1.29, 1.82) is 0 Å². The minimum atomic E-state index is 0.0649. The van der Waals surface area contributed by atoms with Crippen LogP contribution in [0.1, 0.15) is 24.2 Å². The van der Waals surface area contributed by atoms with E-state index in [9.17, 15) is 4.79 Å². The Hall–Kier alpha value is -1.75. The fourth-order valence-electron chi connectivity index (χ4n) is 2.78. The van der Waals surface area contributed by atoms with Crippen molar-refractivity contribution in [3.8, 4) is 11.5 Å². The quantitative estimate of drug-likeness (QED) is 0.781. The lowest BCUT2D eigenvalue weighted by Gasteiger charge is -2.42. The summed E-state index contributed by atoms with van der Waals surface area (Å²) in [6, 6.07) is 6.13. The molecule has 2 aliphatic rings. The lowest BCUT2D eigenvalue weighted by molar-refractivity contribution is 0.0414. The first-order chi connectivity index (χ1) is 9.56. The van der Waals surface area contributed by atoms with Crippen molar-refractivity contribution >= 4 is 5.91 Å². The van der Waals surface area contributed by atoms with Gasteiger partial charge in [0.15, 0.2) is 11.5 Å². The highest BCUT2D eigenvalue weighted by Crippen LogP contribution is 2.33. The number of carbonyl (C=O) groups excluding carboxylic acids is 1. The Morgan fingerprint density at radius 3 is 2.50 bits per heavy atom. The molecule has 1 fully saturated rings. The van der Waals surface area contributed by atoms with Crippen molar-refractivity contribution in [1.82, 2.24) is 9.80 Å². The van der Waals surface area contributed by atoms with E-state index in [1.807, 2.05) is 11.0 Å². The monoisotopic (exact) mass is 276 g/mol. The SMILES string of the molecule is CC1CN(C(=O)c2ccc3c(c2)OCO3)CC(C)N1C. The second-order valence-corrected chi connectivity index (χ2v) is 5.64. The summed E-state index contributed by atoms with van der Waals surface area (Å²) in [5.74, 6) is 1.43. The Morgan fingerprint density at radius 2 is 1.80 bits per heavy atom. The third-order valence-corrected chi connectivity index (χ3v) is 4.27. The van der Waals surface area contributed by atoms with Crippen molar-refractivity contribution in [2.24, 2.45) is 0 Å². The molecule has 108 valence electrons. The first kappa shape index (κ1) is 13.2. The molecule has 0 spiro atoms. The molecule has 1 amide bonds. The van der Waals surface area contributed by atoms with E-state index in [0.29, 0.717) is 29.1 Å². The zero-order valence-electron chi connectivity index (χ0n) is 12.1. The molecule has 0 radical (unpaired) electrons. The van der Waals surface area contributed by atoms with Gasteiger partial charge in [0, 0.05) is 30.7 Å². The highest BCUT2D eigenvalue weighted by molar-refractivity contribution is 5.95. The molecule has 5 nitrogen and oxygen atoms in total. The maximum Gasteiger partial charge on any atom is 0.254 e. The zero-order chi connectivity index (χ0) is 14.3. The first-order valence-corrected chi connectivity index (χ1v) is 6.97. The molecule has 1 aromatic carbocycles. The molecular weight excluding hydrogens is 256 g/mol. The number of carbonyl (C=O) groups is 1. The predicted molar refractivity (Wildman–Crippen MR) is 75.2 cm³/mol. The van der Waals surface area contributed by atoms with Gasteiger partial charge in [0.1, 0.15) is 0 Å². The van der Waals surface area contributed by atoms with Crippen LogP contribution in [0.5, 0.6) is 11.5 Å². The van der Waals surface area contributed by atoms with Gasteiger partial charge in [-0.15, -0.1) is 0 Å². The Balaban J connectivity index is 1.79. The van der Waals surface area contributed by atoms with E-state index in [1.54, 1.807) is 12.1 Å². The smallest absolute Gasteiger partial charge is 0.254 e. The number of amides is 1. The Morgan fingerprint density at radius 1 is 1.15 bits per heavy atom. The highest BCUT2D eigenvalue weighted by Gasteiger charge is 2.30. The van der Waals surface area contributed by atoms with E-state index in [-0.39, 0.29) is 12.7 Å². The summed E-state index contributed by atoms with van der Waals surface area (Å²) in [7, 11) is 2.11. The van der Waals surface area contributed by atoms with Crippen molar-refractivity contribution < 1.29 is 14.3 Å². The molecule has 0 bridgehead atoms. The highest BCUT2D eigenvalue weighted by atomic mass is 16.7. The van der Waals surface area contributed by atoms with Crippen LogP contribution in [0.15, 0.2) is 18.2 Å². The fourth-order valence-corrected chi connectivity index (χ4v) is 2.78. The lowest BCUT2D eigenvalue weighted by atomic mass is 10.1. The van der Waals surface area contributed by atoms with Gasteiger partial charge in [-0.3, -0.25) is 9.69 Å². The van der Waals surface area contributed by atoms with Gasteiger partial charge in [0.2, 0.25) is 6.79 Å². The van der Waals surface area contributed by atoms with Crippen LogP contribution in [0.25, 0.3) is 0 Å². The van der Waals surface area contributed by atoms with Gasteiger partial charge in [0.25, 0.3) is 5.91 Å². The van der Waals surface area contributed by atoms with E-state index in [2.05, 4.69) is 25.8 Å². The number of hydrogen-bond donors (Lipinski definition) is 0. The van der Waals surface area contributed by atoms with Gasteiger partial charge in [0.05, 0.1) is 0 Å². The largest absolute Gasteiger partial charge is 0.454 e. The Labute approximate surface area is 119 Å².